The Morgan fingerprint density at radius 2 is 0.521 bits per heavy atom. The Balaban J connectivity index is 3.33. The minimum Gasteiger partial charge on any atom is -0.466 e. The summed E-state index contributed by atoms with van der Waals surface area (Å²) in [6.45, 7) is 4.94. The maximum atomic E-state index is 12.6. The quantitative estimate of drug-likeness (QED) is 0.0320. The van der Waals surface area contributed by atoms with Gasteiger partial charge in [-0.25, -0.2) is 0 Å². The van der Waals surface area contributed by atoms with Crippen molar-refractivity contribution in [2.24, 2.45) is 0 Å². The van der Waals surface area contributed by atoms with Gasteiger partial charge in [0.05, 0.1) is 25.4 Å². The molecule has 0 aromatic rings. The zero-order chi connectivity index (χ0) is 69.1. The van der Waals surface area contributed by atoms with Gasteiger partial charge in [-0.3, -0.25) is 9.59 Å². The number of aliphatic hydroxyl groups is 2. The van der Waals surface area contributed by atoms with E-state index in [1.54, 1.807) is 6.08 Å². The van der Waals surface area contributed by atoms with Crippen LogP contribution in [-0.2, 0) is 14.3 Å². The lowest BCUT2D eigenvalue weighted by atomic mass is 10.0. The van der Waals surface area contributed by atoms with Crippen molar-refractivity contribution < 1.29 is 24.5 Å². The van der Waals surface area contributed by atoms with Crippen LogP contribution in [-0.4, -0.2) is 47.4 Å². The molecule has 6 heteroatoms. The molecule has 96 heavy (non-hydrogen) atoms. The number of esters is 1. The molecule has 0 spiro atoms. The summed E-state index contributed by atoms with van der Waals surface area (Å²) in [5, 5.41) is 23.4. The molecule has 0 rings (SSSR count). The van der Waals surface area contributed by atoms with Gasteiger partial charge in [0.1, 0.15) is 0 Å². The van der Waals surface area contributed by atoms with E-state index in [2.05, 4.69) is 43.5 Å². The van der Waals surface area contributed by atoms with E-state index in [1.165, 1.54) is 424 Å². The molecule has 0 aliphatic carbocycles. The topological polar surface area (TPSA) is 95.9 Å². The van der Waals surface area contributed by atoms with Crippen molar-refractivity contribution >= 4 is 11.9 Å². The van der Waals surface area contributed by atoms with Crippen molar-refractivity contribution in [3.63, 3.8) is 0 Å². The SMILES string of the molecule is CCCCC/C=C\C/C=C\CCCCCCCCCC(=O)OCCCCCCCCCCCCCCCCCCCCCCCCCCCCCCCCCCCCCCCC(=O)NC(CO)C(O)/C=C/CCCCCCCCCCCCCCCCCCCCCCCCC. The maximum Gasteiger partial charge on any atom is 0.305 e. The first-order valence-electron chi connectivity index (χ1n) is 44.3. The number of ether oxygens (including phenoxy) is 1. The average molecular weight is 1350 g/mol. The van der Waals surface area contributed by atoms with E-state index >= 15 is 0 Å². The Morgan fingerprint density at radius 1 is 0.292 bits per heavy atom. The Kier molecular flexibility index (Phi) is 83.8. The van der Waals surface area contributed by atoms with Crippen LogP contribution in [0.25, 0.3) is 0 Å². The van der Waals surface area contributed by atoms with Crippen molar-refractivity contribution in [1.82, 2.24) is 5.32 Å². The second-order valence-electron chi connectivity index (χ2n) is 30.6. The minimum absolute atomic E-state index is 0.0163. The summed E-state index contributed by atoms with van der Waals surface area (Å²) < 4.78 is 5.51. The van der Waals surface area contributed by atoms with Crippen molar-refractivity contribution in [3.8, 4) is 0 Å². The number of nitrogens with one attached hydrogen (secondary N) is 1. The molecule has 0 aliphatic rings. The first-order valence-corrected chi connectivity index (χ1v) is 44.3. The highest BCUT2D eigenvalue weighted by molar-refractivity contribution is 5.76. The van der Waals surface area contributed by atoms with E-state index in [0.717, 1.165) is 51.4 Å². The zero-order valence-corrected chi connectivity index (χ0v) is 65.4. The summed E-state index contributed by atoms with van der Waals surface area (Å²) in [4.78, 5) is 24.7. The van der Waals surface area contributed by atoms with Crippen LogP contribution in [0.1, 0.15) is 502 Å². The van der Waals surface area contributed by atoms with Crippen LogP contribution in [0.5, 0.6) is 0 Å². The zero-order valence-electron chi connectivity index (χ0n) is 65.4. The fourth-order valence-corrected chi connectivity index (χ4v) is 14.2. The van der Waals surface area contributed by atoms with Crippen molar-refractivity contribution in [2.45, 2.75) is 514 Å². The molecule has 2 unspecified atom stereocenters. The predicted molar refractivity (Wildman–Crippen MR) is 426 cm³/mol. The van der Waals surface area contributed by atoms with E-state index in [4.69, 9.17) is 4.74 Å². The summed E-state index contributed by atoms with van der Waals surface area (Å²) in [5.41, 5.74) is 0. The number of carbonyl (C=O) groups is 2. The second kappa shape index (κ2) is 85.5. The molecular weight excluding hydrogens is 1170 g/mol. The molecule has 0 aromatic carbocycles. The Labute approximate surface area is 602 Å². The van der Waals surface area contributed by atoms with Gasteiger partial charge in [0.15, 0.2) is 0 Å². The van der Waals surface area contributed by atoms with Crippen LogP contribution < -0.4 is 5.32 Å². The van der Waals surface area contributed by atoms with E-state index in [9.17, 15) is 19.8 Å². The fraction of sp³-hybridized carbons (Fsp3) is 0.911. The third-order valence-corrected chi connectivity index (χ3v) is 20.9. The number of carbonyl (C=O) groups excluding carboxylic acids is 2. The molecule has 6 nitrogen and oxygen atoms in total. The molecule has 1 amide bonds. The Morgan fingerprint density at radius 3 is 0.812 bits per heavy atom. The highest BCUT2D eigenvalue weighted by Crippen LogP contribution is 2.21. The maximum absolute atomic E-state index is 12.6. The standard InChI is InChI=1S/C90H173NO5/c1-3-5-7-9-11-13-15-17-19-21-22-23-24-38-41-44-47-51-54-58-62-66-70-74-78-82-88(93)87(86-92)91-89(94)83-79-75-71-67-63-59-55-52-48-45-42-39-36-34-32-30-28-26-25-27-29-31-33-35-37-40-43-46-49-53-57-61-65-69-73-77-81-85-96-90(95)84-80-76-72-68-64-60-56-50-20-18-16-14-12-10-8-6-4-2/h12,14,18,20,78,82,87-88,92-93H,3-11,13,15-17,19,21-77,79-81,83-86H2,1-2H3,(H,91,94)/b14-12-,20-18-,82-78+. The smallest absolute Gasteiger partial charge is 0.305 e. The van der Waals surface area contributed by atoms with E-state index in [-0.39, 0.29) is 18.5 Å². The van der Waals surface area contributed by atoms with Gasteiger partial charge in [-0.1, -0.05) is 461 Å². The molecule has 0 aliphatic heterocycles. The molecule has 0 radical (unpaired) electrons. The summed E-state index contributed by atoms with van der Waals surface area (Å²) >= 11 is 0. The number of rotatable bonds is 84. The lowest BCUT2D eigenvalue weighted by Gasteiger charge is -2.20. The van der Waals surface area contributed by atoms with Gasteiger partial charge >= 0.3 is 5.97 Å². The molecule has 0 saturated heterocycles. The van der Waals surface area contributed by atoms with Gasteiger partial charge in [-0.05, 0) is 64.2 Å². The van der Waals surface area contributed by atoms with Crippen molar-refractivity contribution in [2.75, 3.05) is 13.2 Å². The van der Waals surface area contributed by atoms with Gasteiger partial charge in [0.2, 0.25) is 5.91 Å². The van der Waals surface area contributed by atoms with Gasteiger partial charge in [0, 0.05) is 12.8 Å². The summed E-state index contributed by atoms with van der Waals surface area (Å²) in [5.74, 6) is -0.0401. The van der Waals surface area contributed by atoms with E-state index in [1.807, 2.05) is 6.08 Å². The van der Waals surface area contributed by atoms with Gasteiger partial charge in [0.25, 0.3) is 0 Å². The predicted octanol–water partition coefficient (Wildman–Crippen LogP) is 29.7. The molecular formula is C90H173NO5. The lowest BCUT2D eigenvalue weighted by Crippen LogP contribution is -2.45. The average Bonchev–Trinajstić information content (AvgIpc) is 2.81. The van der Waals surface area contributed by atoms with Crippen LogP contribution in [0.3, 0.4) is 0 Å². The molecule has 0 heterocycles. The molecule has 0 aromatic heterocycles. The van der Waals surface area contributed by atoms with Crippen LogP contribution in [0, 0.1) is 0 Å². The number of allylic oxidation sites excluding steroid dienone is 5. The number of unbranched alkanes of at least 4 members (excludes halogenated alkanes) is 69. The monoisotopic (exact) mass is 1350 g/mol. The van der Waals surface area contributed by atoms with Gasteiger partial charge in [-0.15, -0.1) is 0 Å². The van der Waals surface area contributed by atoms with Crippen LogP contribution in [0.15, 0.2) is 36.5 Å². The third-order valence-electron chi connectivity index (χ3n) is 20.9. The molecule has 0 fully saturated rings. The van der Waals surface area contributed by atoms with Crippen molar-refractivity contribution in [1.29, 1.82) is 0 Å². The van der Waals surface area contributed by atoms with E-state index in [0.29, 0.717) is 19.4 Å². The lowest BCUT2D eigenvalue weighted by molar-refractivity contribution is -0.143. The summed E-state index contributed by atoms with van der Waals surface area (Å²) in [7, 11) is 0. The fourth-order valence-electron chi connectivity index (χ4n) is 14.2. The molecule has 3 N–H and O–H groups in total. The van der Waals surface area contributed by atoms with E-state index < -0.39 is 12.1 Å². The number of hydrogen-bond acceptors (Lipinski definition) is 5. The highest BCUT2D eigenvalue weighted by atomic mass is 16.5. The second-order valence-corrected chi connectivity index (χ2v) is 30.6. The third kappa shape index (κ3) is 81.0. The van der Waals surface area contributed by atoms with Crippen LogP contribution in [0.2, 0.25) is 0 Å². The minimum atomic E-state index is -0.842. The number of hydrogen-bond donors (Lipinski definition) is 3. The van der Waals surface area contributed by atoms with Crippen LogP contribution in [0.4, 0.5) is 0 Å². The number of aliphatic hydroxyl groups excluding tert-OH is 2. The highest BCUT2D eigenvalue weighted by Gasteiger charge is 2.18. The van der Waals surface area contributed by atoms with Gasteiger partial charge < -0.3 is 20.3 Å². The largest absolute Gasteiger partial charge is 0.466 e. The normalized spacial score (nSPS) is 12.6. The van der Waals surface area contributed by atoms with Crippen LogP contribution >= 0.6 is 0 Å². The number of amides is 1. The first kappa shape index (κ1) is 94.1. The Hall–Kier alpha value is -1.92. The molecule has 0 saturated carbocycles. The summed E-state index contributed by atoms with van der Waals surface area (Å²) in [6.07, 6.45) is 113. The first-order chi connectivity index (χ1) is 47.5. The summed E-state index contributed by atoms with van der Waals surface area (Å²) in [6, 6.07) is -0.625. The Bertz CT molecular complexity index is 1560. The molecule has 2 atom stereocenters. The molecule has 568 valence electrons. The van der Waals surface area contributed by atoms with Crippen molar-refractivity contribution in [3.05, 3.63) is 36.5 Å². The van der Waals surface area contributed by atoms with Gasteiger partial charge in [-0.2, -0.15) is 0 Å². The molecule has 0 bridgehead atoms.